The highest BCUT2D eigenvalue weighted by molar-refractivity contribution is 7.91. The van der Waals surface area contributed by atoms with Crippen LogP contribution < -0.4 is 5.32 Å². The molecule has 1 N–H and O–H groups in total. The highest BCUT2D eigenvalue weighted by Crippen LogP contribution is 2.31. The summed E-state index contributed by atoms with van der Waals surface area (Å²) in [6.07, 6.45) is 5.39. The fraction of sp³-hybridized carbons (Fsp3) is 0.714. The van der Waals surface area contributed by atoms with E-state index in [1.54, 1.807) is 4.31 Å². The standard InChI is InChI=1S/C14H22N2O2S2/c1-2-13-4-3-7-16(13)20(17,18)14-8-11(10-19-14)9-15-12-5-6-12/h8,10,12-13,15H,2-7,9H2,1H3. The molecule has 4 nitrogen and oxygen atoms in total. The lowest BCUT2D eigenvalue weighted by molar-refractivity contribution is 0.380. The van der Waals surface area contributed by atoms with Gasteiger partial charge in [0, 0.05) is 25.2 Å². The van der Waals surface area contributed by atoms with Gasteiger partial charge in [-0.25, -0.2) is 8.42 Å². The zero-order valence-electron chi connectivity index (χ0n) is 11.8. The molecule has 112 valence electrons. The smallest absolute Gasteiger partial charge is 0.252 e. The summed E-state index contributed by atoms with van der Waals surface area (Å²) in [5, 5.41) is 5.40. The first-order valence-corrected chi connectivity index (χ1v) is 9.76. The molecule has 1 aliphatic heterocycles. The van der Waals surface area contributed by atoms with Gasteiger partial charge in [0.15, 0.2) is 0 Å². The predicted molar refractivity (Wildman–Crippen MR) is 81.4 cm³/mol. The summed E-state index contributed by atoms with van der Waals surface area (Å²) < 4.78 is 27.6. The zero-order chi connectivity index (χ0) is 14.2. The molecule has 1 saturated heterocycles. The second kappa shape index (κ2) is 5.75. The molecule has 0 bridgehead atoms. The average molecular weight is 314 g/mol. The van der Waals surface area contributed by atoms with Crippen molar-refractivity contribution in [2.75, 3.05) is 6.54 Å². The lowest BCUT2D eigenvalue weighted by Crippen LogP contribution is -2.34. The number of nitrogens with zero attached hydrogens (tertiary/aromatic N) is 1. The van der Waals surface area contributed by atoms with Crippen molar-refractivity contribution < 1.29 is 8.42 Å². The molecule has 0 amide bonds. The van der Waals surface area contributed by atoms with Crippen LogP contribution in [0.1, 0.15) is 44.6 Å². The third-order valence-electron chi connectivity index (χ3n) is 4.16. The first-order chi connectivity index (χ1) is 9.61. The van der Waals surface area contributed by atoms with Gasteiger partial charge < -0.3 is 5.32 Å². The third-order valence-corrected chi connectivity index (χ3v) is 7.58. The number of rotatable bonds is 6. The first kappa shape index (κ1) is 14.5. The van der Waals surface area contributed by atoms with E-state index >= 15 is 0 Å². The lowest BCUT2D eigenvalue weighted by Gasteiger charge is -2.21. The summed E-state index contributed by atoms with van der Waals surface area (Å²) in [4.78, 5) is 0. The molecule has 1 saturated carbocycles. The topological polar surface area (TPSA) is 49.4 Å². The molecule has 1 aromatic rings. The summed E-state index contributed by atoms with van der Waals surface area (Å²) in [6.45, 7) is 3.53. The van der Waals surface area contributed by atoms with Crippen LogP contribution in [0.15, 0.2) is 15.7 Å². The Labute approximate surface area is 125 Å². The number of sulfonamides is 1. The Kier molecular flexibility index (Phi) is 4.17. The van der Waals surface area contributed by atoms with E-state index in [0.29, 0.717) is 16.8 Å². The molecule has 0 aromatic carbocycles. The molecule has 3 rings (SSSR count). The Hall–Kier alpha value is -0.430. The highest BCUT2D eigenvalue weighted by Gasteiger charge is 2.35. The number of hydrogen-bond donors (Lipinski definition) is 1. The average Bonchev–Trinajstić information content (AvgIpc) is 2.95. The molecule has 1 aromatic heterocycles. The minimum absolute atomic E-state index is 0.190. The van der Waals surface area contributed by atoms with Crippen molar-refractivity contribution in [2.45, 2.75) is 61.9 Å². The SMILES string of the molecule is CCC1CCCN1S(=O)(=O)c1cc(CNC2CC2)cs1. The molecule has 0 spiro atoms. The Bertz CT molecular complexity index is 563. The van der Waals surface area contributed by atoms with Gasteiger partial charge in [-0.2, -0.15) is 4.31 Å². The van der Waals surface area contributed by atoms with E-state index in [-0.39, 0.29) is 6.04 Å². The van der Waals surface area contributed by atoms with Crippen molar-refractivity contribution in [3.8, 4) is 0 Å². The van der Waals surface area contributed by atoms with Crippen molar-refractivity contribution >= 4 is 21.4 Å². The van der Waals surface area contributed by atoms with Gasteiger partial charge >= 0.3 is 0 Å². The molecule has 0 radical (unpaired) electrons. The molecular weight excluding hydrogens is 292 g/mol. The van der Waals surface area contributed by atoms with Crippen molar-refractivity contribution in [2.24, 2.45) is 0 Å². The van der Waals surface area contributed by atoms with Crippen LogP contribution >= 0.6 is 11.3 Å². The van der Waals surface area contributed by atoms with Crippen molar-refractivity contribution in [3.63, 3.8) is 0 Å². The number of thiophene rings is 1. The van der Waals surface area contributed by atoms with Gasteiger partial charge in [-0.1, -0.05) is 6.92 Å². The van der Waals surface area contributed by atoms with Gasteiger partial charge in [0.05, 0.1) is 0 Å². The van der Waals surface area contributed by atoms with Crippen LogP contribution in [0.2, 0.25) is 0 Å². The zero-order valence-corrected chi connectivity index (χ0v) is 13.5. The maximum absolute atomic E-state index is 12.7. The Morgan fingerprint density at radius 1 is 1.40 bits per heavy atom. The fourth-order valence-electron chi connectivity index (χ4n) is 2.78. The van der Waals surface area contributed by atoms with E-state index in [2.05, 4.69) is 12.2 Å². The molecular formula is C14H22N2O2S2. The van der Waals surface area contributed by atoms with Crippen molar-refractivity contribution in [1.29, 1.82) is 0 Å². The summed E-state index contributed by atoms with van der Waals surface area (Å²) in [5.41, 5.74) is 1.09. The summed E-state index contributed by atoms with van der Waals surface area (Å²) in [7, 11) is -3.28. The minimum Gasteiger partial charge on any atom is -0.310 e. The van der Waals surface area contributed by atoms with Crippen LogP contribution in [0.25, 0.3) is 0 Å². The lowest BCUT2D eigenvalue weighted by atomic mass is 10.2. The first-order valence-electron chi connectivity index (χ1n) is 7.44. The van der Waals surface area contributed by atoms with E-state index in [0.717, 1.165) is 31.4 Å². The normalized spacial score (nSPS) is 24.4. The maximum atomic E-state index is 12.7. The van der Waals surface area contributed by atoms with Crippen LogP contribution in [0.3, 0.4) is 0 Å². The van der Waals surface area contributed by atoms with Gasteiger partial charge in [-0.15, -0.1) is 11.3 Å². The molecule has 2 heterocycles. The van der Waals surface area contributed by atoms with Gasteiger partial charge in [0.2, 0.25) is 0 Å². The van der Waals surface area contributed by atoms with Crippen LogP contribution in [-0.4, -0.2) is 31.4 Å². The van der Waals surface area contributed by atoms with Crippen LogP contribution in [0.5, 0.6) is 0 Å². The van der Waals surface area contributed by atoms with E-state index < -0.39 is 10.0 Å². The Morgan fingerprint density at radius 3 is 2.90 bits per heavy atom. The summed E-state index contributed by atoms with van der Waals surface area (Å²) in [5.74, 6) is 0. The van der Waals surface area contributed by atoms with E-state index in [9.17, 15) is 8.42 Å². The van der Waals surface area contributed by atoms with Gasteiger partial charge in [0.1, 0.15) is 4.21 Å². The van der Waals surface area contributed by atoms with Crippen LogP contribution in [-0.2, 0) is 16.6 Å². The Balaban J connectivity index is 1.73. The monoisotopic (exact) mass is 314 g/mol. The van der Waals surface area contributed by atoms with E-state index in [1.807, 2.05) is 11.4 Å². The summed E-state index contributed by atoms with van der Waals surface area (Å²) in [6, 6.07) is 2.69. The molecule has 1 aliphatic carbocycles. The van der Waals surface area contributed by atoms with Crippen LogP contribution in [0, 0.1) is 0 Å². The molecule has 6 heteroatoms. The van der Waals surface area contributed by atoms with Crippen LogP contribution in [0.4, 0.5) is 0 Å². The minimum atomic E-state index is -3.28. The quantitative estimate of drug-likeness (QED) is 0.878. The molecule has 2 aliphatic rings. The number of hydrogen-bond acceptors (Lipinski definition) is 4. The predicted octanol–water partition coefficient (Wildman–Crippen LogP) is 2.56. The van der Waals surface area contributed by atoms with Gasteiger partial charge in [-0.3, -0.25) is 0 Å². The van der Waals surface area contributed by atoms with Crippen molar-refractivity contribution in [1.82, 2.24) is 9.62 Å². The highest BCUT2D eigenvalue weighted by atomic mass is 32.2. The van der Waals surface area contributed by atoms with Gasteiger partial charge in [0.25, 0.3) is 10.0 Å². The molecule has 1 unspecified atom stereocenters. The number of nitrogens with one attached hydrogen (secondary N) is 1. The second-order valence-electron chi connectivity index (χ2n) is 5.75. The van der Waals surface area contributed by atoms with E-state index in [4.69, 9.17) is 0 Å². The van der Waals surface area contributed by atoms with Gasteiger partial charge in [-0.05, 0) is 49.1 Å². The maximum Gasteiger partial charge on any atom is 0.252 e. The molecule has 2 fully saturated rings. The fourth-order valence-corrected chi connectivity index (χ4v) is 5.88. The third kappa shape index (κ3) is 2.93. The second-order valence-corrected chi connectivity index (χ2v) is 8.78. The molecule has 20 heavy (non-hydrogen) atoms. The largest absolute Gasteiger partial charge is 0.310 e. The van der Waals surface area contributed by atoms with E-state index in [1.165, 1.54) is 24.2 Å². The molecule has 1 atom stereocenters. The summed E-state index contributed by atoms with van der Waals surface area (Å²) >= 11 is 1.36. The van der Waals surface area contributed by atoms with Crippen molar-refractivity contribution in [3.05, 3.63) is 17.0 Å². The Morgan fingerprint density at radius 2 is 2.20 bits per heavy atom.